The molecule has 0 spiro atoms. The Labute approximate surface area is 244 Å². The summed E-state index contributed by atoms with van der Waals surface area (Å²) in [5.41, 5.74) is 1.70. The Morgan fingerprint density at radius 3 is 2.41 bits per heavy atom. The number of aliphatic hydroxyl groups is 1. The zero-order valence-corrected chi connectivity index (χ0v) is 24.7. The second-order valence-electron chi connectivity index (χ2n) is 11.5. The quantitative estimate of drug-likeness (QED) is 0.280. The van der Waals surface area contributed by atoms with Crippen LogP contribution in [0.25, 0.3) is 0 Å². The van der Waals surface area contributed by atoms with E-state index < -0.39 is 28.2 Å². The Bertz CT molecular complexity index is 1170. The molecule has 1 heterocycles. The van der Waals surface area contributed by atoms with Crippen molar-refractivity contribution in [1.82, 2.24) is 10.2 Å². The number of benzene rings is 2. The first-order chi connectivity index (χ1) is 19.8. The number of carbonyl (C=O) groups excluding carboxylic acids is 1. The molecule has 1 saturated heterocycles. The highest BCUT2D eigenvalue weighted by molar-refractivity contribution is 7.92. The molecule has 226 valence electrons. The van der Waals surface area contributed by atoms with E-state index in [1.165, 1.54) is 0 Å². The third kappa shape index (κ3) is 10.1. The van der Waals surface area contributed by atoms with Gasteiger partial charge in [-0.15, -0.1) is 0 Å². The van der Waals surface area contributed by atoms with Crippen molar-refractivity contribution in [3.05, 3.63) is 65.7 Å². The summed E-state index contributed by atoms with van der Waals surface area (Å²) in [4.78, 5) is 14.8. The van der Waals surface area contributed by atoms with Crippen LogP contribution < -0.4 is 10.1 Å². The average Bonchev–Trinajstić information content (AvgIpc) is 3.40. The third-order valence-electron chi connectivity index (χ3n) is 8.26. The highest BCUT2D eigenvalue weighted by Gasteiger charge is 2.30. The molecular formula is C32H45FN2O5S. The van der Waals surface area contributed by atoms with Crippen molar-refractivity contribution in [2.75, 3.05) is 25.4 Å². The predicted octanol–water partition coefficient (Wildman–Crippen LogP) is 5.14. The van der Waals surface area contributed by atoms with Gasteiger partial charge in [0.25, 0.3) is 0 Å². The minimum atomic E-state index is -3.06. The van der Waals surface area contributed by atoms with E-state index in [2.05, 4.69) is 5.32 Å². The van der Waals surface area contributed by atoms with Crippen LogP contribution in [0.15, 0.2) is 54.6 Å². The second-order valence-corrected chi connectivity index (χ2v) is 13.9. The summed E-state index contributed by atoms with van der Waals surface area (Å²) < 4.78 is 44.9. The van der Waals surface area contributed by atoms with Crippen LogP contribution in [0.3, 0.4) is 0 Å². The van der Waals surface area contributed by atoms with Crippen molar-refractivity contribution in [3.8, 4) is 5.75 Å². The Morgan fingerprint density at radius 1 is 1.00 bits per heavy atom. The fourth-order valence-electron chi connectivity index (χ4n) is 5.82. The van der Waals surface area contributed by atoms with Gasteiger partial charge in [-0.25, -0.2) is 12.8 Å². The topological polar surface area (TPSA) is 95.9 Å². The number of carbonyl (C=O) groups is 1. The predicted molar refractivity (Wildman–Crippen MR) is 159 cm³/mol. The van der Waals surface area contributed by atoms with E-state index >= 15 is 0 Å². The number of hydrogen-bond donors (Lipinski definition) is 2. The van der Waals surface area contributed by atoms with Gasteiger partial charge in [0, 0.05) is 26.1 Å². The van der Waals surface area contributed by atoms with Crippen LogP contribution in [-0.4, -0.2) is 67.2 Å². The lowest BCUT2D eigenvalue weighted by atomic mass is 10.0. The molecule has 1 saturated carbocycles. The maximum Gasteiger partial charge on any atom is 0.220 e. The maximum absolute atomic E-state index is 13.8. The normalized spacial score (nSPS) is 20.0. The zero-order chi connectivity index (χ0) is 29.1. The van der Waals surface area contributed by atoms with Gasteiger partial charge < -0.3 is 15.2 Å². The van der Waals surface area contributed by atoms with Crippen LogP contribution in [-0.2, 0) is 21.2 Å². The van der Waals surface area contributed by atoms with Crippen LogP contribution in [0.2, 0.25) is 0 Å². The van der Waals surface area contributed by atoms with Gasteiger partial charge in [0.15, 0.2) is 9.84 Å². The number of ether oxygens (including phenoxy) is 1. The number of sulfone groups is 1. The average molecular weight is 589 g/mol. The van der Waals surface area contributed by atoms with Crippen molar-refractivity contribution in [2.24, 2.45) is 0 Å². The molecule has 2 aromatic carbocycles. The van der Waals surface area contributed by atoms with Gasteiger partial charge in [0.05, 0.1) is 17.0 Å². The van der Waals surface area contributed by atoms with Gasteiger partial charge in [-0.1, -0.05) is 68.1 Å². The van der Waals surface area contributed by atoms with E-state index in [0.29, 0.717) is 63.2 Å². The molecule has 1 amide bonds. The lowest BCUT2D eigenvalue weighted by Crippen LogP contribution is -2.46. The van der Waals surface area contributed by atoms with Crippen LogP contribution >= 0.6 is 0 Å². The second kappa shape index (κ2) is 15.7. The van der Waals surface area contributed by atoms with Gasteiger partial charge >= 0.3 is 0 Å². The molecule has 1 aliphatic heterocycles. The number of alkyl halides is 1. The number of nitrogens with one attached hydrogen (secondary N) is 1. The molecule has 0 aromatic heterocycles. The summed E-state index contributed by atoms with van der Waals surface area (Å²) in [5, 5.41) is 14.0. The number of rotatable bonds is 15. The highest BCUT2D eigenvalue weighted by atomic mass is 32.2. The van der Waals surface area contributed by atoms with Crippen LogP contribution in [0, 0.1) is 0 Å². The van der Waals surface area contributed by atoms with Crippen molar-refractivity contribution in [1.29, 1.82) is 0 Å². The molecule has 7 nitrogen and oxygen atoms in total. The Hall–Kier alpha value is -2.49. The zero-order valence-electron chi connectivity index (χ0n) is 23.9. The van der Waals surface area contributed by atoms with Gasteiger partial charge in [0.2, 0.25) is 5.91 Å². The number of aliphatic hydroxyl groups excluding tert-OH is 1. The lowest BCUT2D eigenvalue weighted by Gasteiger charge is -2.29. The van der Waals surface area contributed by atoms with Crippen molar-refractivity contribution < 1.29 is 27.4 Å². The van der Waals surface area contributed by atoms with E-state index in [1.807, 2.05) is 35.2 Å². The molecule has 2 N–H and O–H groups in total. The fraction of sp³-hybridized carbons (Fsp3) is 0.594. The number of hydrogen-bond acceptors (Lipinski definition) is 6. The van der Waals surface area contributed by atoms with Gasteiger partial charge in [-0.2, -0.15) is 0 Å². The summed E-state index contributed by atoms with van der Waals surface area (Å²) in [7, 11) is -3.06. The molecule has 0 bridgehead atoms. The lowest BCUT2D eigenvalue weighted by molar-refractivity contribution is -0.123. The smallest absolute Gasteiger partial charge is 0.220 e. The van der Waals surface area contributed by atoms with E-state index in [9.17, 15) is 22.7 Å². The molecule has 4 rings (SSSR count). The molecule has 41 heavy (non-hydrogen) atoms. The molecule has 1 aliphatic carbocycles. The van der Waals surface area contributed by atoms with Gasteiger partial charge in [-0.3, -0.25) is 9.69 Å². The number of unbranched alkanes of at least 4 members (excludes halogenated alkanes) is 2. The first-order valence-electron chi connectivity index (χ1n) is 15.1. The van der Waals surface area contributed by atoms with E-state index in [-0.39, 0.29) is 23.3 Å². The molecular weight excluding hydrogens is 543 g/mol. The van der Waals surface area contributed by atoms with E-state index in [4.69, 9.17) is 4.74 Å². The molecule has 0 radical (unpaired) electrons. The Kier molecular flexibility index (Phi) is 12.0. The summed E-state index contributed by atoms with van der Waals surface area (Å²) in [6.07, 6.45) is 5.30. The summed E-state index contributed by atoms with van der Waals surface area (Å²) in [5.74, 6) is 0.670. The first-order valence-corrected chi connectivity index (χ1v) is 16.8. The van der Waals surface area contributed by atoms with Crippen LogP contribution in [0.5, 0.6) is 5.75 Å². The van der Waals surface area contributed by atoms with Gasteiger partial charge in [0.1, 0.15) is 24.6 Å². The molecule has 3 atom stereocenters. The fourth-order valence-corrected chi connectivity index (χ4v) is 7.82. The first kappa shape index (κ1) is 31.4. The van der Waals surface area contributed by atoms with Crippen LogP contribution in [0.1, 0.15) is 81.4 Å². The molecule has 2 aliphatic rings. The molecule has 9 heteroatoms. The van der Waals surface area contributed by atoms with Crippen molar-refractivity contribution in [2.45, 2.75) is 94.4 Å². The monoisotopic (exact) mass is 588 g/mol. The standard InChI is InChI=1S/C32H45FN2O5S/c33-27-19-20-35(22-27)23-30(32(37)26-15-17-28(18-16-26)40-24-25-10-4-1-5-11-25)34-31(36)14-8-3-9-21-41(38,39)29-12-6-2-7-13-29/h1,4-5,10-11,15-18,27,29-30,32,37H,2-3,6-9,12-14,19-24H2,(H,34,36). The van der Waals surface area contributed by atoms with E-state index in [1.54, 1.807) is 24.3 Å². The SMILES string of the molecule is O=C(CCCCCS(=O)(=O)C1CCCCC1)NC(CN1CCC(F)C1)C(O)c1ccc(OCc2ccccc2)cc1. The number of likely N-dealkylation sites (tertiary alicyclic amines) is 1. The minimum absolute atomic E-state index is 0.186. The summed E-state index contributed by atoms with van der Waals surface area (Å²) >= 11 is 0. The van der Waals surface area contributed by atoms with Crippen LogP contribution in [0.4, 0.5) is 4.39 Å². The Morgan fingerprint density at radius 2 is 1.73 bits per heavy atom. The largest absolute Gasteiger partial charge is 0.489 e. The third-order valence-corrected chi connectivity index (χ3v) is 10.6. The summed E-state index contributed by atoms with van der Waals surface area (Å²) in [6.45, 7) is 1.66. The molecule has 2 fully saturated rings. The summed E-state index contributed by atoms with van der Waals surface area (Å²) in [6, 6.07) is 16.4. The molecule has 2 aromatic rings. The van der Waals surface area contributed by atoms with Crippen molar-refractivity contribution in [3.63, 3.8) is 0 Å². The van der Waals surface area contributed by atoms with Gasteiger partial charge in [-0.05, 0) is 55.4 Å². The molecule has 3 unspecified atom stereocenters. The number of halogens is 1. The Balaban J connectivity index is 1.27. The maximum atomic E-state index is 13.8. The highest BCUT2D eigenvalue weighted by Crippen LogP contribution is 2.26. The minimum Gasteiger partial charge on any atom is -0.489 e. The van der Waals surface area contributed by atoms with Crippen molar-refractivity contribution >= 4 is 15.7 Å². The number of amides is 1. The number of nitrogens with zero attached hydrogens (tertiary/aromatic N) is 1. The van der Waals surface area contributed by atoms with E-state index in [0.717, 1.165) is 37.7 Å².